The molecule has 0 aliphatic carbocycles. The van der Waals surface area contributed by atoms with Gasteiger partial charge in [-0.2, -0.15) is 13.2 Å². The highest BCUT2D eigenvalue weighted by Crippen LogP contribution is 2.19. The highest BCUT2D eigenvalue weighted by molar-refractivity contribution is 6.28. The van der Waals surface area contributed by atoms with Crippen molar-refractivity contribution >= 4 is 13.3 Å². The Kier molecular flexibility index (Phi) is 4.00. The van der Waals surface area contributed by atoms with Gasteiger partial charge in [-0.1, -0.05) is 0 Å². The van der Waals surface area contributed by atoms with Crippen molar-refractivity contribution in [3.63, 3.8) is 0 Å². The zero-order chi connectivity index (χ0) is 9.78. The van der Waals surface area contributed by atoms with Crippen LogP contribution in [0.5, 0.6) is 0 Å². The average Bonchev–Trinajstić information content (AvgIpc) is 1.79. The molecule has 70 valence electrons. The van der Waals surface area contributed by atoms with E-state index in [2.05, 4.69) is 9.69 Å². The first kappa shape index (κ1) is 11.2. The zero-order valence-corrected chi connectivity index (χ0v) is 5.46. The van der Waals surface area contributed by atoms with E-state index in [0.29, 0.717) is 0 Å². The van der Waals surface area contributed by atoms with Crippen LogP contribution >= 0.6 is 0 Å². The third kappa shape index (κ3) is 7.31. The SMILES string of the molecule is O=C(CC(F)(F)F)OOB([O-])[O-]. The predicted octanol–water partition coefficient (Wildman–Crippen LogP) is -1.88. The smallest absolute Gasteiger partial charge is 0.399 e. The lowest BCUT2D eigenvalue weighted by Crippen LogP contribution is -2.48. The molecule has 0 radical (unpaired) electrons. The highest BCUT2D eigenvalue weighted by Gasteiger charge is 2.32. The number of halogens is 3. The van der Waals surface area contributed by atoms with Crippen LogP contribution in [0.25, 0.3) is 0 Å². The third-order valence-corrected chi connectivity index (χ3v) is 0.564. The molecule has 0 aliphatic heterocycles. The van der Waals surface area contributed by atoms with Gasteiger partial charge >= 0.3 is 12.1 Å². The first-order valence-electron chi connectivity index (χ1n) is 2.56. The lowest BCUT2D eigenvalue weighted by atomic mass is 10.3. The Hall–Kier alpha value is -0.795. The normalized spacial score (nSPS) is 11.1. The fourth-order valence-corrected chi connectivity index (χ4v) is 0.286. The topological polar surface area (TPSA) is 81.7 Å². The van der Waals surface area contributed by atoms with E-state index in [1.807, 2.05) is 0 Å². The van der Waals surface area contributed by atoms with Crippen molar-refractivity contribution < 1.29 is 37.7 Å². The maximum absolute atomic E-state index is 11.3. The van der Waals surface area contributed by atoms with Gasteiger partial charge in [0.2, 0.25) is 0 Å². The summed E-state index contributed by atoms with van der Waals surface area (Å²) in [5.41, 5.74) is 0. The van der Waals surface area contributed by atoms with Crippen LogP contribution in [0.2, 0.25) is 0 Å². The largest absolute Gasteiger partial charge is 0.867 e. The third-order valence-electron chi connectivity index (χ3n) is 0.564. The second kappa shape index (κ2) is 4.29. The molecule has 0 spiro atoms. The molecule has 0 N–H and O–H groups in total. The molecule has 0 saturated heterocycles. The van der Waals surface area contributed by atoms with Crippen molar-refractivity contribution in [3.05, 3.63) is 0 Å². The summed E-state index contributed by atoms with van der Waals surface area (Å²) in [5, 5.41) is 18.9. The molecule has 0 unspecified atom stereocenters. The fraction of sp³-hybridized carbons (Fsp3) is 0.667. The first-order chi connectivity index (χ1) is 5.31. The summed E-state index contributed by atoms with van der Waals surface area (Å²) in [4.78, 5) is 16.3. The molecular weight excluding hydrogens is 184 g/mol. The lowest BCUT2D eigenvalue weighted by Gasteiger charge is -2.22. The van der Waals surface area contributed by atoms with E-state index in [9.17, 15) is 28.0 Å². The monoisotopic (exact) mass is 186 g/mol. The Labute approximate surface area is 64.8 Å². The van der Waals surface area contributed by atoms with Crippen LogP contribution in [0.4, 0.5) is 13.2 Å². The Morgan fingerprint density at radius 1 is 1.42 bits per heavy atom. The fourth-order valence-electron chi connectivity index (χ4n) is 0.286. The van der Waals surface area contributed by atoms with E-state index >= 15 is 0 Å². The molecule has 9 heteroatoms. The Morgan fingerprint density at radius 3 is 2.25 bits per heavy atom. The van der Waals surface area contributed by atoms with Gasteiger partial charge in [-0.15, -0.1) is 0 Å². The molecule has 12 heavy (non-hydrogen) atoms. The number of hydrogen-bond donors (Lipinski definition) is 0. The number of alkyl halides is 3. The van der Waals surface area contributed by atoms with Gasteiger partial charge in [-0.3, -0.25) is 0 Å². The van der Waals surface area contributed by atoms with Gasteiger partial charge in [-0.05, 0) is 0 Å². The van der Waals surface area contributed by atoms with E-state index in [-0.39, 0.29) is 0 Å². The second-order valence-electron chi connectivity index (χ2n) is 1.63. The van der Waals surface area contributed by atoms with Crippen LogP contribution in [-0.4, -0.2) is 19.5 Å². The maximum Gasteiger partial charge on any atom is 0.399 e. The Balaban J connectivity index is 3.61. The summed E-state index contributed by atoms with van der Waals surface area (Å²) in [6, 6.07) is 0. The van der Waals surface area contributed by atoms with Gasteiger partial charge in [-0.25, -0.2) is 4.79 Å². The van der Waals surface area contributed by atoms with Crippen molar-refractivity contribution in [2.45, 2.75) is 12.6 Å². The summed E-state index contributed by atoms with van der Waals surface area (Å²) in [5.74, 6) is -1.83. The molecule has 0 atom stereocenters. The number of rotatable bonds is 3. The first-order valence-corrected chi connectivity index (χ1v) is 2.56. The van der Waals surface area contributed by atoms with Crippen LogP contribution in [0.3, 0.4) is 0 Å². The van der Waals surface area contributed by atoms with Crippen LogP contribution < -0.4 is 10.0 Å². The average molecular weight is 186 g/mol. The van der Waals surface area contributed by atoms with Gasteiger partial charge in [0.1, 0.15) is 13.7 Å². The molecule has 0 saturated carbocycles. The Bertz CT molecular complexity index is 157. The molecule has 0 aliphatic rings. The molecule has 5 nitrogen and oxygen atoms in total. The van der Waals surface area contributed by atoms with Crippen molar-refractivity contribution in [3.8, 4) is 0 Å². The van der Waals surface area contributed by atoms with Crippen molar-refractivity contribution in [1.29, 1.82) is 0 Å². The minimum Gasteiger partial charge on any atom is -0.867 e. The van der Waals surface area contributed by atoms with Gasteiger partial charge < -0.3 is 19.7 Å². The molecule has 0 rings (SSSR count). The van der Waals surface area contributed by atoms with Gasteiger partial charge in [0.05, 0.1) is 0 Å². The summed E-state index contributed by atoms with van der Waals surface area (Å²) < 4.78 is 34.0. The van der Waals surface area contributed by atoms with Gasteiger partial charge in [0.25, 0.3) is 0 Å². The van der Waals surface area contributed by atoms with E-state index < -0.39 is 25.9 Å². The maximum atomic E-state index is 11.3. The zero-order valence-electron chi connectivity index (χ0n) is 5.46. The van der Waals surface area contributed by atoms with E-state index in [0.717, 1.165) is 0 Å². The molecule has 0 heterocycles. The number of carbonyl (C=O) groups excluding carboxylic acids is 1. The molecule has 0 fully saturated rings. The quantitative estimate of drug-likeness (QED) is 0.292. The van der Waals surface area contributed by atoms with E-state index in [1.54, 1.807) is 0 Å². The predicted molar refractivity (Wildman–Crippen MR) is 23.6 cm³/mol. The van der Waals surface area contributed by atoms with Crippen molar-refractivity contribution in [1.82, 2.24) is 0 Å². The molecule has 0 aromatic rings. The number of hydrogen-bond acceptors (Lipinski definition) is 5. The van der Waals surface area contributed by atoms with Crippen molar-refractivity contribution in [2.24, 2.45) is 0 Å². The summed E-state index contributed by atoms with van der Waals surface area (Å²) in [6.45, 7) is 0. The van der Waals surface area contributed by atoms with Crippen molar-refractivity contribution in [2.75, 3.05) is 0 Å². The molecular formula is C3H2BF3O5-2. The van der Waals surface area contributed by atoms with Crippen LogP contribution in [0.1, 0.15) is 6.42 Å². The Morgan fingerprint density at radius 2 is 1.92 bits per heavy atom. The summed E-state index contributed by atoms with van der Waals surface area (Å²) in [6.07, 6.45) is -6.65. The second-order valence-corrected chi connectivity index (χ2v) is 1.63. The lowest BCUT2D eigenvalue weighted by molar-refractivity contribution is -0.420. The van der Waals surface area contributed by atoms with Crippen LogP contribution in [0.15, 0.2) is 0 Å². The minimum atomic E-state index is -4.75. The standard InChI is InChI=1S/C3H2BF3O5/c5-3(6,7)1-2(8)11-12-4(9)10/h1H2/q-2. The van der Waals surface area contributed by atoms with E-state index in [4.69, 9.17) is 0 Å². The molecule has 0 amide bonds. The van der Waals surface area contributed by atoms with Crippen LogP contribution in [-0.2, 0) is 14.5 Å². The molecule has 0 aromatic carbocycles. The van der Waals surface area contributed by atoms with E-state index in [1.165, 1.54) is 0 Å². The van der Waals surface area contributed by atoms with Gasteiger partial charge in [0, 0.05) is 0 Å². The summed E-state index contributed by atoms with van der Waals surface area (Å²) >= 11 is 0. The molecule has 0 aromatic heterocycles. The number of carbonyl (C=O) groups is 1. The highest BCUT2D eigenvalue weighted by atomic mass is 19.4. The van der Waals surface area contributed by atoms with Gasteiger partial charge in [0.15, 0.2) is 0 Å². The minimum absolute atomic E-state index is 1.83. The molecule has 0 bridgehead atoms. The summed E-state index contributed by atoms with van der Waals surface area (Å²) in [7, 11) is -2.94. The van der Waals surface area contributed by atoms with Crippen LogP contribution in [0, 0.1) is 0 Å².